The summed E-state index contributed by atoms with van der Waals surface area (Å²) in [7, 11) is 1.44. The molecule has 0 aliphatic rings. The zero-order chi connectivity index (χ0) is 37.4. The van der Waals surface area contributed by atoms with Crippen LogP contribution in [0.1, 0.15) is 32.6 Å². The molecule has 20 nitrogen and oxygen atoms in total. The van der Waals surface area contributed by atoms with Gasteiger partial charge in [0, 0.05) is 32.5 Å². The average Bonchev–Trinajstić information content (AvgIpc) is 3.06. The van der Waals surface area contributed by atoms with Crippen LogP contribution in [0.5, 0.6) is 0 Å². The molecule has 0 rings (SSSR count). The summed E-state index contributed by atoms with van der Waals surface area (Å²) in [6.45, 7) is 3.92. The van der Waals surface area contributed by atoms with Crippen molar-refractivity contribution in [1.82, 2.24) is 26.6 Å². The van der Waals surface area contributed by atoms with Crippen molar-refractivity contribution >= 4 is 41.4 Å². The number of carboxylic acids is 2. The van der Waals surface area contributed by atoms with Crippen molar-refractivity contribution in [2.75, 3.05) is 106 Å². The van der Waals surface area contributed by atoms with E-state index in [0.717, 1.165) is 0 Å². The number of carboxylic acid groups (broad SMARTS) is 2. The van der Waals surface area contributed by atoms with Crippen molar-refractivity contribution in [3.8, 4) is 0 Å². The average molecular weight is 724 g/mol. The Balaban J connectivity index is 3.66. The van der Waals surface area contributed by atoms with Crippen LogP contribution in [0.4, 0.5) is 0 Å². The highest BCUT2D eigenvalue weighted by Gasteiger charge is 2.22. The minimum atomic E-state index is -1.31. The van der Waals surface area contributed by atoms with Gasteiger partial charge in [-0.1, -0.05) is 0 Å². The second-order valence-corrected chi connectivity index (χ2v) is 10.5. The second-order valence-electron chi connectivity index (χ2n) is 10.5. The molecule has 0 heterocycles. The third-order valence-electron chi connectivity index (χ3n) is 6.19. The highest BCUT2D eigenvalue weighted by Crippen LogP contribution is 2.02. The van der Waals surface area contributed by atoms with Crippen LogP contribution < -0.4 is 26.6 Å². The lowest BCUT2D eigenvalue weighted by atomic mass is 10.1. The summed E-state index contributed by atoms with van der Waals surface area (Å²) < 4.78 is 31.4. The van der Waals surface area contributed by atoms with E-state index in [4.69, 9.17) is 33.5 Å². The highest BCUT2D eigenvalue weighted by molar-refractivity contribution is 5.85. The highest BCUT2D eigenvalue weighted by atomic mass is 16.5. The molecule has 0 spiro atoms. The number of ether oxygens (including phenoxy) is 6. The van der Waals surface area contributed by atoms with E-state index in [2.05, 4.69) is 26.6 Å². The number of hydrogen-bond acceptors (Lipinski definition) is 14. The summed E-state index contributed by atoms with van der Waals surface area (Å²) in [6, 6.07) is -2.24. The monoisotopic (exact) mass is 723 g/mol. The molecule has 0 bridgehead atoms. The lowest BCUT2D eigenvalue weighted by Gasteiger charge is -2.16. The van der Waals surface area contributed by atoms with Crippen molar-refractivity contribution < 1.29 is 72.2 Å². The largest absolute Gasteiger partial charge is 0.480 e. The Kier molecular flexibility index (Phi) is 28.8. The fourth-order valence-electron chi connectivity index (χ4n) is 3.65. The predicted octanol–water partition coefficient (Wildman–Crippen LogP) is -3.17. The minimum Gasteiger partial charge on any atom is -0.480 e. The van der Waals surface area contributed by atoms with Crippen molar-refractivity contribution in [3.63, 3.8) is 0 Å². The van der Waals surface area contributed by atoms with Crippen LogP contribution >= 0.6 is 0 Å². The Labute approximate surface area is 290 Å². The van der Waals surface area contributed by atoms with Gasteiger partial charge in [0.2, 0.25) is 23.6 Å². The molecule has 7 N–H and O–H groups in total. The Bertz CT molecular complexity index is 1020. The Morgan fingerprint density at radius 3 is 1.30 bits per heavy atom. The molecule has 0 aromatic rings. The molecule has 4 amide bonds. The first-order valence-corrected chi connectivity index (χ1v) is 16.1. The van der Waals surface area contributed by atoms with E-state index in [1.54, 1.807) is 0 Å². The maximum atomic E-state index is 12.0. The number of carbonyl (C=O) groups is 7. The fourth-order valence-corrected chi connectivity index (χ4v) is 3.65. The smallest absolute Gasteiger partial charge is 0.326 e. The fraction of sp³-hybridized carbons (Fsp3) is 0.767. The first-order chi connectivity index (χ1) is 24.0. The summed E-state index contributed by atoms with van der Waals surface area (Å²) in [5.41, 5.74) is 0. The molecule has 50 heavy (non-hydrogen) atoms. The summed E-state index contributed by atoms with van der Waals surface area (Å²) in [5, 5.41) is 30.9. The predicted molar refractivity (Wildman–Crippen MR) is 173 cm³/mol. The van der Waals surface area contributed by atoms with Gasteiger partial charge in [-0.15, -0.1) is 0 Å². The molecular formula is C30H53N5O15. The lowest BCUT2D eigenvalue weighted by molar-refractivity contribution is -0.143. The van der Waals surface area contributed by atoms with E-state index in [9.17, 15) is 38.7 Å². The Morgan fingerprint density at radius 1 is 0.500 bits per heavy atom. The molecule has 0 radical (unpaired) electrons. The standard InChI is InChI=1S/C30H53N5O15/c1-22(36)19-48-16-13-46-11-8-33-27(39)21-50-18-15-47-12-9-34-28(40)20-49-17-14-45-10-7-32-25(37)5-4-24(30(43)44)35-26(38)6-3-23(31-2)29(41)42/h23-24,31H,3-21H2,1-2H3,(H,32,37)(H,33,39)(H,34,40)(H,35,38)(H,41,42)(H,43,44)/t23-,24-/m1/s1. The number of likely N-dealkylation sites (N-methyl/N-ethyl adjacent to an activating group) is 1. The van der Waals surface area contributed by atoms with Gasteiger partial charge < -0.3 is 65.2 Å². The van der Waals surface area contributed by atoms with Gasteiger partial charge >= 0.3 is 11.9 Å². The maximum absolute atomic E-state index is 12.0. The molecule has 0 fully saturated rings. The number of aliphatic carboxylic acids is 2. The summed E-state index contributed by atoms with van der Waals surface area (Å²) in [6.07, 6.45) is -0.535. The van der Waals surface area contributed by atoms with Gasteiger partial charge in [-0.2, -0.15) is 0 Å². The van der Waals surface area contributed by atoms with Gasteiger partial charge in [0.05, 0.1) is 59.5 Å². The van der Waals surface area contributed by atoms with E-state index < -0.39 is 35.8 Å². The van der Waals surface area contributed by atoms with Crippen molar-refractivity contribution in [2.45, 2.75) is 44.7 Å². The number of ketones is 1. The molecule has 0 aromatic heterocycles. The third kappa shape index (κ3) is 29.2. The number of nitrogens with one attached hydrogen (secondary N) is 5. The van der Waals surface area contributed by atoms with Crippen LogP contribution in [-0.4, -0.2) is 170 Å². The molecule has 0 saturated carbocycles. The van der Waals surface area contributed by atoms with Crippen LogP contribution in [0.2, 0.25) is 0 Å². The second kappa shape index (κ2) is 31.2. The van der Waals surface area contributed by atoms with E-state index in [1.165, 1.54) is 14.0 Å². The quantitative estimate of drug-likeness (QED) is 0.0323. The van der Waals surface area contributed by atoms with Crippen molar-refractivity contribution in [1.29, 1.82) is 0 Å². The van der Waals surface area contributed by atoms with E-state index in [0.29, 0.717) is 26.4 Å². The van der Waals surface area contributed by atoms with Gasteiger partial charge in [-0.25, -0.2) is 4.79 Å². The lowest BCUT2D eigenvalue weighted by Crippen LogP contribution is -2.42. The SMILES string of the molecule is CN[C@H](CCC(=O)N[C@H](CCC(=O)NCCOCCOCC(=O)NCCOCCOCC(=O)NCCOCCOCC(C)=O)C(=O)O)C(=O)O. The van der Waals surface area contributed by atoms with E-state index in [1.807, 2.05) is 0 Å². The maximum Gasteiger partial charge on any atom is 0.326 e. The van der Waals surface area contributed by atoms with E-state index in [-0.39, 0.29) is 116 Å². The Hall–Kier alpha value is -3.79. The molecule has 0 aliphatic heterocycles. The van der Waals surface area contributed by atoms with Crippen LogP contribution in [0.15, 0.2) is 0 Å². The first kappa shape index (κ1) is 46.2. The van der Waals surface area contributed by atoms with Gasteiger partial charge in [0.25, 0.3) is 0 Å². The topological polar surface area (TPSA) is 275 Å². The number of rotatable bonds is 34. The molecule has 0 unspecified atom stereocenters. The van der Waals surface area contributed by atoms with Gasteiger partial charge in [0.1, 0.15) is 31.9 Å². The molecular weight excluding hydrogens is 670 g/mol. The number of Topliss-reactive ketones (excluding diaryl/α,β-unsaturated/α-hetero) is 1. The minimum absolute atomic E-state index is 0.0233. The van der Waals surface area contributed by atoms with Gasteiger partial charge in [-0.05, 0) is 26.8 Å². The molecule has 0 aromatic carbocycles. The zero-order valence-corrected chi connectivity index (χ0v) is 28.8. The van der Waals surface area contributed by atoms with Crippen LogP contribution in [-0.2, 0) is 62.0 Å². The van der Waals surface area contributed by atoms with Gasteiger partial charge in [-0.3, -0.25) is 28.8 Å². The Morgan fingerprint density at radius 2 is 0.880 bits per heavy atom. The first-order valence-electron chi connectivity index (χ1n) is 16.1. The van der Waals surface area contributed by atoms with Gasteiger partial charge in [0.15, 0.2) is 5.78 Å². The molecule has 0 saturated heterocycles. The summed E-state index contributed by atoms with van der Waals surface area (Å²) in [4.78, 5) is 80.6. The number of carbonyl (C=O) groups excluding carboxylic acids is 5. The molecule has 2 atom stereocenters. The van der Waals surface area contributed by atoms with Crippen molar-refractivity contribution in [3.05, 3.63) is 0 Å². The zero-order valence-electron chi connectivity index (χ0n) is 28.8. The van der Waals surface area contributed by atoms with E-state index >= 15 is 0 Å². The van der Waals surface area contributed by atoms with Crippen LogP contribution in [0, 0.1) is 0 Å². The number of amides is 4. The van der Waals surface area contributed by atoms with Crippen molar-refractivity contribution in [2.24, 2.45) is 0 Å². The summed E-state index contributed by atoms with van der Waals surface area (Å²) >= 11 is 0. The third-order valence-corrected chi connectivity index (χ3v) is 6.19. The normalized spacial score (nSPS) is 12.0. The van der Waals surface area contributed by atoms with Crippen LogP contribution in [0.25, 0.3) is 0 Å². The molecule has 0 aliphatic carbocycles. The van der Waals surface area contributed by atoms with Crippen LogP contribution in [0.3, 0.4) is 0 Å². The summed E-state index contributed by atoms with van der Waals surface area (Å²) in [5.74, 6) is -4.22. The molecule has 288 valence electrons. The molecule has 20 heteroatoms. The number of hydrogen-bond donors (Lipinski definition) is 7.